The SMILES string of the molecule is COC(=O)CCCNC(=O)c1sc(NC(=O)c2ccco2)cc1C. The van der Waals surface area contributed by atoms with Crippen LogP contribution in [0.1, 0.15) is 38.6 Å². The zero-order valence-electron chi connectivity index (χ0n) is 13.4. The van der Waals surface area contributed by atoms with Gasteiger partial charge in [0.25, 0.3) is 11.8 Å². The Morgan fingerprint density at radius 1 is 1.29 bits per heavy atom. The predicted molar refractivity (Wildman–Crippen MR) is 89.3 cm³/mol. The van der Waals surface area contributed by atoms with E-state index in [0.29, 0.717) is 22.8 Å². The molecule has 0 aliphatic rings. The van der Waals surface area contributed by atoms with E-state index in [4.69, 9.17) is 4.42 Å². The van der Waals surface area contributed by atoms with E-state index in [1.165, 1.54) is 24.7 Å². The predicted octanol–water partition coefficient (Wildman–Crippen LogP) is 2.58. The molecule has 0 aliphatic heterocycles. The van der Waals surface area contributed by atoms with Gasteiger partial charge < -0.3 is 19.8 Å². The maximum absolute atomic E-state index is 12.2. The van der Waals surface area contributed by atoms with Crippen LogP contribution in [0.4, 0.5) is 5.00 Å². The summed E-state index contributed by atoms with van der Waals surface area (Å²) in [6.45, 7) is 2.17. The van der Waals surface area contributed by atoms with E-state index in [1.807, 2.05) is 0 Å². The first-order chi connectivity index (χ1) is 11.5. The largest absolute Gasteiger partial charge is 0.469 e. The Balaban J connectivity index is 1.89. The van der Waals surface area contributed by atoms with Crippen molar-refractivity contribution in [3.63, 3.8) is 0 Å². The van der Waals surface area contributed by atoms with Crippen LogP contribution in [0.15, 0.2) is 28.9 Å². The number of ether oxygens (including phenoxy) is 1. The summed E-state index contributed by atoms with van der Waals surface area (Å²) in [4.78, 5) is 35.6. The van der Waals surface area contributed by atoms with Gasteiger partial charge in [0.05, 0.1) is 23.3 Å². The van der Waals surface area contributed by atoms with Crippen molar-refractivity contribution in [3.05, 3.63) is 40.7 Å². The van der Waals surface area contributed by atoms with E-state index in [2.05, 4.69) is 15.4 Å². The number of amides is 2. The molecule has 0 unspecified atom stereocenters. The lowest BCUT2D eigenvalue weighted by atomic mass is 10.2. The highest BCUT2D eigenvalue weighted by atomic mass is 32.1. The highest BCUT2D eigenvalue weighted by Crippen LogP contribution is 2.27. The molecule has 24 heavy (non-hydrogen) atoms. The zero-order chi connectivity index (χ0) is 17.5. The van der Waals surface area contributed by atoms with Gasteiger partial charge >= 0.3 is 5.97 Å². The first-order valence-corrected chi connectivity index (χ1v) is 8.13. The number of hydrogen-bond acceptors (Lipinski definition) is 6. The minimum Gasteiger partial charge on any atom is -0.469 e. The number of thiophene rings is 1. The Hall–Kier alpha value is -2.61. The minimum absolute atomic E-state index is 0.204. The van der Waals surface area contributed by atoms with Crippen LogP contribution in [0, 0.1) is 6.92 Å². The van der Waals surface area contributed by atoms with Crippen LogP contribution in [-0.2, 0) is 9.53 Å². The van der Waals surface area contributed by atoms with Gasteiger partial charge in [-0.1, -0.05) is 0 Å². The van der Waals surface area contributed by atoms with Gasteiger partial charge in [0, 0.05) is 13.0 Å². The van der Waals surface area contributed by atoms with Crippen molar-refractivity contribution in [2.45, 2.75) is 19.8 Å². The lowest BCUT2D eigenvalue weighted by Gasteiger charge is -2.03. The van der Waals surface area contributed by atoms with Gasteiger partial charge in [0.15, 0.2) is 5.76 Å². The molecule has 2 N–H and O–H groups in total. The van der Waals surface area contributed by atoms with Gasteiger partial charge in [0.2, 0.25) is 0 Å². The zero-order valence-corrected chi connectivity index (χ0v) is 14.2. The van der Waals surface area contributed by atoms with Crippen LogP contribution in [-0.4, -0.2) is 31.4 Å². The van der Waals surface area contributed by atoms with E-state index in [9.17, 15) is 14.4 Å². The van der Waals surface area contributed by atoms with Crippen LogP contribution in [0.5, 0.6) is 0 Å². The monoisotopic (exact) mass is 350 g/mol. The molecule has 7 nitrogen and oxygen atoms in total. The highest BCUT2D eigenvalue weighted by Gasteiger charge is 2.16. The van der Waals surface area contributed by atoms with Crippen LogP contribution in [0.25, 0.3) is 0 Å². The van der Waals surface area contributed by atoms with Gasteiger partial charge in [-0.25, -0.2) is 0 Å². The van der Waals surface area contributed by atoms with Crippen LogP contribution in [0.2, 0.25) is 0 Å². The molecule has 0 aliphatic carbocycles. The maximum Gasteiger partial charge on any atom is 0.305 e. The first kappa shape index (κ1) is 17.7. The average molecular weight is 350 g/mol. The van der Waals surface area contributed by atoms with Crippen molar-refractivity contribution in [3.8, 4) is 0 Å². The van der Waals surface area contributed by atoms with Crippen molar-refractivity contribution in [2.75, 3.05) is 19.0 Å². The highest BCUT2D eigenvalue weighted by molar-refractivity contribution is 7.18. The standard InChI is InChI=1S/C16H18N2O5S/c1-10-9-12(18-15(20)11-5-4-8-23-11)24-14(10)16(21)17-7-3-6-13(19)22-2/h4-5,8-9H,3,6-7H2,1-2H3,(H,17,21)(H,18,20). The molecule has 2 amide bonds. The number of carbonyl (C=O) groups is 3. The van der Waals surface area contributed by atoms with E-state index < -0.39 is 0 Å². The fourth-order valence-corrected chi connectivity index (χ4v) is 2.95. The summed E-state index contributed by atoms with van der Waals surface area (Å²) < 4.78 is 9.56. The van der Waals surface area contributed by atoms with E-state index >= 15 is 0 Å². The van der Waals surface area contributed by atoms with E-state index in [-0.39, 0.29) is 30.0 Å². The number of esters is 1. The Morgan fingerprint density at radius 2 is 2.08 bits per heavy atom. The third kappa shape index (κ3) is 4.69. The summed E-state index contributed by atoms with van der Waals surface area (Å²) >= 11 is 1.18. The van der Waals surface area contributed by atoms with E-state index in [0.717, 1.165) is 5.56 Å². The lowest BCUT2D eigenvalue weighted by Crippen LogP contribution is -2.24. The number of hydrogen-bond donors (Lipinski definition) is 2. The second kappa shape index (κ2) is 8.30. The second-order valence-electron chi connectivity index (χ2n) is 4.99. The Morgan fingerprint density at radius 3 is 2.75 bits per heavy atom. The maximum atomic E-state index is 12.2. The molecule has 0 fully saturated rings. The summed E-state index contributed by atoms with van der Waals surface area (Å²) in [5.41, 5.74) is 0.764. The number of methoxy groups -OCH3 is 1. The third-order valence-electron chi connectivity index (χ3n) is 3.18. The Kier molecular flexibility index (Phi) is 6.14. The van der Waals surface area contributed by atoms with Crippen molar-refractivity contribution < 1.29 is 23.5 Å². The van der Waals surface area contributed by atoms with Crippen LogP contribution >= 0.6 is 11.3 Å². The third-order valence-corrected chi connectivity index (χ3v) is 4.33. The Bertz CT molecular complexity index is 721. The fraction of sp³-hybridized carbons (Fsp3) is 0.312. The second-order valence-corrected chi connectivity index (χ2v) is 6.04. The molecule has 2 aromatic heterocycles. The summed E-state index contributed by atoms with van der Waals surface area (Å²) in [5, 5.41) is 6.00. The molecule has 0 saturated heterocycles. The van der Waals surface area contributed by atoms with E-state index in [1.54, 1.807) is 25.1 Å². The van der Waals surface area contributed by atoms with Gasteiger partial charge in [-0.3, -0.25) is 14.4 Å². The molecule has 2 aromatic rings. The number of rotatable bonds is 7. The first-order valence-electron chi connectivity index (χ1n) is 7.31. The number of furan rings is 1. The minimum atomic E-state index is -0.369. The molecule has 128 valence electrons. The number of aryl methyl sites for hydroxylation is 1. The van der Waals surface area contributed by atoms with Crippen LogP contribution in [0.3, 0.4) is 0 Å². The van der Waals surface area contributed by atoms with Gasteiger partial charge in [0.1, 0.15) is 0 Å². The summed E-state index contributed by atoms with van der Waals surface area (Å²) in [6, 6.07) is 4.92. The van der Waals surface area contributed by atoms with Crippen molar-refractivity contribution in [1.29, 1.82) is 0 Å². The number of nitrogens with one attached hydrogen (secondary N) is 2. The number of carbonyl (C=O) groups excluding carboxylic acids is 3. The summed E-state index contributed by atoms with van der Waals surface area (Å²) in [6.07, 6.45) is 2.18. The molecule has 0 aromatic carbocycles. The van der Waals surface area contributed by atoms with Crippen molar-refractivity contribution in [1.82, 2.24) is 5.32 Å². The quantitative estimate of drug-likeness (QED) is 0.591. The van der Waals surface area contributed by atoms with Gasteiger partial charge in [-0.2, -0.15) is 0 Å². The summed E-state index contributed by atoms with van der Waals surface area (Å²) in [5.74, 6) is -0.707. The fourth-order valence-electron chi connectivity index (χ4n) is 1.97. The average Bonchev–Trinajstić information content (AvgIpc) is 3.21. The molecule has 0 spiro atoms. The molecular formula is C16H18N2O5S. The smallest absolute Gasteiger partial charge is 0.305 e. The lowest BCUT2D eigenvalue weighted by molar-refractivity contribution is -0.140. The molecule has 0 saturated carbocycles. The molecule has 8 heteroatoms. The van der Waals surface area contributed by atoms with Gasteiger partial charge in [-0.15, -0.1) is 11.3 Å². The van der Waals surface area contributed by atoms with Crippen molar-refractivity contribution in [2.24, 2.45) is 0 Å². The molecular weight excluding hydrogens is 332 g/mol. The number of anilines is 1. The molecule has 0 atom stereocenters. The summed E-state index contributed by atoms with van der Waals surface area (Å²) in [7, 11) is 1.33. The molecule has 0 radical (unpaired) electrons. The molecule has 0 bridgehead atoms. The molecule has 2 heterocycles. The Labute approximate surface area is 143 Å². The van der Waals surface area contributed by atoms with Crippen LogP contribution < -0.4 is 10.6 Å². The topological polar surface area (TPSA) is 97.6 Å². The molecule has 2 rings (SSSR count). The van der Waals surface area contributed by atoms with Gasteiger partial charge in [-0.05, 0) is 37.1 Å². The van der Waals surface area contributed by atoms with Crippen molar-refractivity contribution >= 4 is 34.1 Å². The normalized spacial score (nSPS) is 10.2.